The lowest BCUT2D eigenvalue weighted by Gasteiger charge is -2.38. The number of thioether (sulfide) groups is 1. The monoisotopic (exact) mass is 506 g/mol. The molecule has 0 unspecified atom stereocenters. The average Bonchev–Trinajstić information content (AvgIpc) is 3.29. The molecule has 1 fully saturated rings. The van der Waals surface area contributed by atoms with E-state index in [4.69, 9.17) is 21.4 Å². The van der Waals surface area contributed by atoms with Crippen LogP contribution in [0.3, 0.4) is 0 Å². The summed E-state index contributed by atoms with van der Waals surface area (Å²) in [6.45, 7) is 3.76. The van der Waals surface area contributed by atoms with Gasteiger partial charge in [-0.3, -0.25) is 9.69 Å². The highest BCUT2D eigenvalue weighted by Gasteiger charge is 2.43. The van der Waals surface area contributed by atoms with Crippen LogP contribution in [0.5, 0.6) is 0 Å². The standard InChI is InChI=1S/C26H23ClN4O3S/c1-3-34-25(33)22-16(2)28-26-31(21(32)13-14-35-26)24(22)20-15-30(19-7-5-4-6-8-19)29-23(20)17-9-11-18(27)12-10-17/h4-12,15,24H,3,13-14H2,1-2H3/t24-/m1/s1. The molecule has 0 bridgehead atoms. The van der Waals surface area contributed by atoms with E-state index in [0.29, 0.717) is 44.9 Å². The van der Waals surface area contributed by atoms with Crippen LogP contribution in [0.1, 0.15) is 31.9 Å². The van der Waals surface area contributed by atoms with Gasteiger partial charge in [0, 0.05) is 34.5 Å². The van der Waals surface area contributed by atoms with Gasteiger partial charge in [0.05, 0.1) is 29.3 Å². The Morgan fingerprint density at radius 2 is 1.91 bits per heavy atom. The number of benzene rings is 2. The van der Waals surface area contributed by atoms with Gasteiger partial charge in [0.25, 0.3) is 0 Å². The van der Waals surface area contributed by atoms with Crippen LogP contribution in [0.2, 0.25) is 5.02 Å². The van der Waals surface area contributed by atoms with Gasteiger partial charge in [-0.05, 0) is 38.1 Å². The summed E-state index contributed by atoms with van der Waals surface area (Å²) in [6.07, 6.45) is 2.24. The Kier molecular flexibility index (Phi) is 6.49. The summed E-state index contributed by atoms with van der Waals surface area (Å²) < 4.78 is 7.18. The van der Waals surface area contributed by atoms with Crippen molar-refractivity contribution in [1.29, 1.82) is 0 Å². The molecule has 0 saturated carbocycles. The molecule has 9 heteroatoms. The van der Waals surface area contributed by atoms with Crippen molar-refractivity contribution in [3.8, 4) is 16.9 Å². The van der Waals surface area contributed by atoms with E-state index in [1.807, 2.05) is 48.7 Å². The van der Waals surface area contributed by atoms with E-state index in [1.165, 1.54) is 11.8 Å². The van der Waals surface area contributed by atoms with E-state index in [0.717, 1.165) is 11.3 Å². The number of nitrogens with zero attached hydrogens (tertiary/aromatic N) is 4. The molecule has 1 atom stereocenters. The van der Waals surface area contributed by atoms with Gasteiger partial charge >= 0.3 is 5.97 Å². The summed E-state index contributed by atoms with van der Waals surface area (Å²) in [5.74, 6) is 0.0722. The smallest absolute Gasteiger partial charge is 0.338 e. The number of carbonyl (C=O) groups excluding carboxylic acids is 2. The molecule has 2 aliphatic rings. The fourth-order valence-corrected chi connectivity index (χ4v) is 5.43. The number of hydrogen-bond donors (Lipinski definition) is 0. The molecule has 2 aromatic carbocycles. The first-order chi connectivity index (χ1) is 17.0. The van der Waals surface area contributed by atoms with Crippen molar-refractivity contribution in [2.24, 2.45) is 4.99 Å². The Labute approximate surface area is 212 Å². The van der Waals surface area contributed by atoms with E-state index in [-0.39, 0.29) is 12.5 Å². The number of hydrogen-bond acceptors (Lipinski definition) is 6. The molecule has 3 heterocycles. The highest BCUT2D eigenvalue weighted by Crippen LogP contribution is 2.43. The summed E-state index contributed by atoms with van der Waals surface area (Å²) in [7, 11) is 0. The third kappa shape index (κ3) is 4.39. The summed E-state index contributed by atoms with van der Waals surface area (Å²) in [5.41, 5.74) is 3.92. The lowest BCUT2D eigenvalue weighted by molar-refractivity contribution is -0.139. The number of para-hydroxylation sites is 1. The molecular formula is C26H23ClN4O3S. The van der Waals surface area contributed by atoms with Gasteiger partial charge in [0.15, 0.2) is 5.17 Å². The van der Waals surface area contributed by atoms with Gasteiger partial charge in [0.1, 0.15) is 6.04 Å². The fourth-order valence-electron chi connectivity index (χ4n) is 4.29. The van der Waals surface area contributed by atoms with Crippen LogP contribution in [-0.2, 0) is 14.3 Å². The molecule has 178 valence electrons. The molecule has 1 amide bonds. The number of amides is 1. The third-order valence-corrected chi connectivity index (χ3v) is 7.08. The quantitative estimate of drug-likeness (QED) is 0.433. The average molecular weight is 507 g/mol. The van der Waals surface area contributed by atoms with Crippen LogP contribution >= 0.6 is 23.4 Å². The number of rotatable bonds is 5. The predicted octanol–water partition coefficient (Wildman–Crippen LogP) is 5.41. The molecule has 2 aliphatic heterocycles. The van der Waals surface area contributed by atoms with Crippen molar-refractivity contribution in [3.05, 3.63) is 82.7 Å². The molecule has 35 heavy (non-hydrogen) atoms. The zero-order valence-corrected chi connectivity index (χ0v) is 20.8. The summed E-state index contributed by atoms with van der Waals surface area (Å²) in [5, 5.41) is 6.09. The number of allylic oxidation sites excluding steroid dienone is 1. The Balaban J connectivity index is 1.75. The first-order valence-corrected chi connectivity index (χ1v) is 12.7. The molecule has 1 aromatic heterocycles. The van der Waals surface area contributed by atoms with Crippen LogP contribution in [0.15, 0.2) is 77.1 Å². The van der Waals surface area contributed by atoms with E-state index >= 15 is 0 Å². The molecule has 0 N–H and O–H groups in total. The summed E-state index contributed by atoms with van der Waals surface area (Å²) in [6, 6.07) is 16.3. The van der Waals surface area contributed by atoms with Crippen LogP contribution in [0.25, 0.3) is 16.9 Å². The first-order valence-electron chi connectivity index (χ1n) is 11.3. The second-order valence-electron chi connectivity index (χ2n) is 8.10. The minimum absolute atomic E-state index is 0.0867. The Bertz CT molecular complexity index is 1350. The van der Waals surface area contributed by atoms with Crippen LogP contribution in [-0.4, -0.2) is 44.1 Å². The Hall–Kier alpha value is -3.36. The van der Waals surface area contributed by atoms with Gasteiger partial charge in [-0.1, -0.05) is 53.7 Å². The van der Waals surface area contributed by atoms with E-state index in [9.17, 15) is 9.59 Å². The highest BCUT2D eigenvalue weighted by atomic mass is 35.5. The molecule has 0 radical (unpaired) electrons. The SMILES string of the molecule is CCOC(=O)C1=C(C)N=C2SCCC(=O)N2[C@@H]1c1cn(-c2ccccc2)nc1-c1ccc(Cl)cc1. The molecule has 5 rings (SSSR count). The number of aromatic nitrogens is 2. The van der Waals surface area contributed by atoms with E-state index < -0.39 is 12.0 Å². The molecule has 0 aliphatic carbocycles. The number of esters is 1. The topological polar surface area (TPSA) is 76.8 Å². The maximum atomic E-state index is 13.2. The van der Waals surface area contributed by atoms with Crippen molar-refractivity contribution in [3.63, 3.8) is 0 Å². The predicted molar refractivity (Wildman–Crippen MR) is 137 cm³/mol. The molecule has 7 nitrogen and oxygen atoms in total. The first kappa shape index (κ1) is 23.4. The number of fused-ring (bicyclic) bond motifs is 1. The van der Waals surface area contributed by atoms with Gasteiger partial charge in [-0.2, -0.15) is 5.10 Å². The van der Waals surface area contributed by atoms with Crippen molar-refractivity contribution in [2.45, 2.75) is 26.3 Å². The molecular weight excluding hydrogens is 484 g/mol. The normalized spacial score (nSPS) is 17.8. The highest BCUT2D eigenvalue weighted by molar-refractivity contribution is 8.14. The number of halogens is 1. The Morgan fingerprint density at radius 1 is 1.17 bits per heavy atom. The van der Waals surface area contributed by atoms with Crippen molar-refractivity contribution in [1.82, 2.24) is 14.7 Å². The molecule has 0 spiro atoms. The second kappa shape index (κ2) is 9.71. The van der Waals surface area contributed by atoms with E-state index in [1.54, 1.807) is 35.6 Å². The van der Waals surface area contributed by atoms with Crippen molar-refractivity contribution < 1.29 is 14.3 Å². The Morgan fingerprint density at radius 3 is 2.63 bits per heavy atom. The lowest BCUT2D eigenvalue weighted by atomic mass is 9.92. The minimum Gasteiger partial charge on any atom is -0.463 e. The van der Waals surface area contributed by atoms with Crippen LogP contribution < -0.4 is 0 Å². The minimum atomic E-state index is -0.718. The molecule has 3 aromatic rings. The van der Waals surface area contributed by atoms with Crippen LogP contribution in [0, 0.1) is 0 Å². The van der Waals surface area contributed by atoms with Crippen molar-refractivity contribution >= 4 is 40.4 Å². The van der Waals surface area contributed by atoms with Crippen molar-refractivity contribution in [2.75, 3.05) is 12.4 Å². The second-order valence-corrected chi connectivity index (χ2v) is 9.60. The fraction of sp³-hybridized carbons (Fsp3) is 0.231. The third-order valence-electron chi connectivity index (χ3n) is 5.88. The number of amidine groups is 1. The van der Waals surface area contributed by atoms with Gasteiger partial charge < -0.3 is 4.74 Å². The maximum absolute atomic E-state index is 13.2. The zero-order chi connectivity index (χ0) is 24.5. The summed E-state index contributed by atoms with van der Waals surface area (Å²) >= 11 is 7.66. The lowest BCUT2D eigenvalue weighted by Crippen LogP contribution is -2.45. The summed E-state index contributed by atoms with van der Waals surface area (Å²) in [4.78, 5) is 32.7. The number of ether oxygens (including phenoxy) is 1. The van der Waals surface area contributed by atoms with Gasteiger partial charge in [-0.25, -0.2) is 14.5 Å². The van der Waals surface area contributed by atoms with Gasteiger partial charge in [-0.15, -0.1) is 0 Å². The molecule has 1 saturated heterocycles. The number of carbonyl (C=O) groups is 2. The van der Waals surface area contributed by atoms with Crippen LogP contribution in [0.4, 0.5) is 0 Å². The largest absolute Gasteiger partial charge is 0.463 e. The zero-order valence-electron chi connectivity index (χ0n) is 19.3. The van der Waals surface area contributed by atoms with Gasteiger partial charge in [0.2, 0.25) is 5.91 Å². The van der Waals surface area contributed by atoms with E-state index in [2.05, 4.69) is 4.99 Å². The maximum Gasteiger partial charge on any atom is 0.338 e. The number of aliphatic imine (C=N–C) groups is 1.